The molecule has 2 nitrogen and oxygen atoms in total. The maximum atomic E-state index is 4.96. The van der Waals surface area contributed by atoms with Crippen LogP contribution in [0.25, 0.3) is 0 Å². The van der Waals surface area contributed by atoms with E-state index in [0.29, 0.717) is 6.04 Å². The monoisotopic (exact) mass is 141 g/mol. The first-order chi connectivity index (χ1) is 4.83. The molecule has 0 unspecified atom stereocenters. The molecule has 2 heteroatoms. The van der Waals surface area contributed by atoms with Crippen molar-refractivity contribution in [1.29, 1.82) is 0 Å². The van der Waals surface area contributed by atoms with Crippen molar-refractivity contribution < 1.29 is 4.74 Å². The highest BCUT2D eigenvalue weighted by atomic mass is 16.5. The number of hydrogen-bond donors (Lipinski definition) is 0. The third-order valence-corrected chi connectivity index (χ3v) is 1.98. The molecule has 0 bridgehead atoms. The maximum Gasteiger partial charge on any atom is 0.179 e. The van der Waals surface area contributed by atoms with E-state index in [1.807, 2.05) is 6.92 Å². The average molecular weight is 141 g/mol. The van der Waals surface area contributed by atoms with Crippen molar-refractivity contribution in [1.82, 2.24) is 0 Å². The van der Waals surface area contributed by atoms with E-state index in [0.717, 1.165) is 5.90 Å². The van der Waals surface area contributed by atoms with Crippen molar-refractivity contribution in [3.63, 3.8) is 0 Å². The van der Waals surface area contributed by atoms with E-state index in [4.69, 9.17) is 4.74 Å². The van der Waals surface area contributed by atoms with Gasteiger partial charge in [-0.3, -0.25) is 4.99 Å². The predicted octanol–water partition coefficient (Wildman–Crippen LogP) is 1.99. The summed E-state index contributed by atoms with van der Waals surface area (Å²) in [6, 6.07) is 0.556. The Labute approximate surface area is 62.3 Å². The zero-order valence-corrected chi connectivity index (χ0v) is 6.76. The first kappa shape index (κ1) is 7.58. The van der Waals surface area contributed by atoms with Crippen LogP contribution in [0.2, 0.25) is 0 Å². The van der Waals surface area contributed by atoms with Crippen molar-refractivity contribution in [3.8, 4) is 0 Å². The number of hydrogen-bond acceptors (Lipinski definition) is 2. The zero-order chi connectivity index (χ0) is 7.40. The fraction of sp³-hybridized carbons (Fsp3) is 0.875. The Morgan fingerprint density at radius 1 is 1.40 bits per heavy atom. The Kier molecular flexibility index (Phi) is 2.72. The van der Waals surface area contributed by atoms with E-state index >= 15 is 0 Å². The quantitative estimate of drug-likeness (QED) is 0.404. The average Bonchev–Trinajstić information content (AvgIpc) is 2.40. The van der Waals surface area contributed by atoms with Gasteiger partial charge in [0.05, 0.1) is 13.2 Å². The Hall–Kier alpha value is -0.530. The van der Waals surface area contributed by atoms with Crippen LogP contribution in [0.3, 0.4) is 0 Å². The lowest BCUT2D eigenvalue weighted by Gasteiger charge is -2.03. The van der Waals surface area contributed by atoms with E-state index < -0.39 is 0 Å². The van der Waals surface area contributed by atoms with Crippen molar-refractivity contribution in [2.24, 2.45) is 4.99 Å². The highest BCUT2D eigenvalue weighted by molar-refractivity contribution is 5.73. The second kappa shape index (κ2) is 3.59. The molecular weight excluding hydrogens is 126 g/mol. The Bertz CT molecular complexity index is 125. The van der Waals surface area contributed by atoms with Crippen LogP contribution in [0.1, 0.15) is 32.6 Å². The number of rotatable bonds is 1. The highest BCUT2D eigenvalue weighted by Gasteiger charge is 2.13. The van der Waals surface area contributed by atoms with E-state index in [-0.39, 0.29) is 0 Å². The van der Waals surface area contributed by atoms with Crippen molar-refractivity contribution in [3.05, 3.63) is 0 Å². The standard InChI is InChI=1S/C8H15NO/c1-7(10-2)9-8-5-3-4-6-8/h8H,3-6H2,1-2H3/b9-7+. The Morgan fingerprint density at radius 2 is 2.00 bits per heavy atom. The van der Waals surface area contributed by atoms with Gasteiger partial charge in [0.2, 0.25) is 0 Å². The number of ether oxygens (including phenoxy) is 1. The molecule has 1 aliphatic carbocycles. The summed E-state index contributed by atoms with van der Waals surface area (Å²) in [4.78, 5) is 4.39. The van der Waals surface area contributed by atoms with Crippen LogP contribution >= 0.6 is 0 Å². The molecule has 0 spiro atoms. The molecule has 0 N–H and O–H groups in total. The fourth-order valence-corrected chi connectivity index (χ4v) is 1.34. The van der Waals surface area contributed by atoms with Crippen LogP contribution < -0.4 is 0 Å². The fourth-order valence-electron chi connectivity index (χ4n) is 1.34. The Morgan fingerprint density at radius 3 is 2.50 bits per heavy atom. The molecule has 1 fully saturated rings. The van der Waals surface area contributed by atoms with Crippen LogP contribution in [0.5, 0.6) is 0 Å². The van der Waals surface area contributed by atoms with Gasteiger partial charge in [-0.2, -0.15) is 0 Å². The summed E-state index contributed by atoms with van der Waals surface area (Å²) in [6.45, 7) is 1.92. The van der Waals surface area contributed by atoms with E-state index in [1.54, 1.807) is 7.11 Å². The highest BCUT2D eigenvalue weighted by Crippen LogP contribution is 2.20. The molecule has 0 amide bonds. The first-order valence-corrected chi connectivity index (χ1v) is 3.91. The summed E-state index contributed by atoms with van der Waals surface area (Å²) in [5, 5.41) is 0. The maximum absolute atomic E-state index is 4.96. The normalized spacial score (nSPS) is 21.6. The third kappa shape index (κ3) is 2.01. The summed E-state index contributed by atoms with van der Waals surface area (Å²) < 4.78 is 4.96. The summed E-state index contributed by atoms with van der Waals surface area (Å²) in [7, 11) is 1.67. The van der Waals surface area contributed by atoms with Crippen LogP contribution in [0.4, 0.5) is 0 Å². The van der Waals surface area contributed by atoms with E-state index in [1.165, 1.54) is 25.7 Å². The minimum absolute atomic E-state index is 0.556. The summed E-state index contributed by atoms with van der Waals surface area (Å²) in [5.74, 6) is 0.826. The van der Waals surface area contributed by atoms with Crippen LogP contribution in [-0.2, 0) is 4.74 Å². The molecule has 0 aliphatic heterocycles. The SMILES string of the molecule is CO/C(C)=N/C1CCCC1. The molecule has 58 valence electrons. The van der Waals surface area contributed by atoms with E-state index in [9.17, 15) is 0 Å². The molecule has 0 atom stereocenters. The smallest absolute Gasteiger partial charge is 0.179 e. The summed E-state index contributed by atoms with van der Waals surface area (Å²) in [5.41, 5.74) is 0. The predicted molar refractivity (Wildman–Crippen MR) is 42.4 cm³/mol. The molecule has 0 aromatic rings. The van der Waals surface area contributed by atoms with Gasteiger partial charge < -0.3 is 4.74 Å². The van der Waals surface area contributed by atoms with Gasteiger partial charge in [-0.05, 0) is 12.8 Å². The van der Waals surface area contributed by atoms with Gasteiger partial charge in [0.1, 0.15) is 0 Å². The molecule has 0 radical (unpaired) electrons. The number of aliphatic imine (C=N–C) groups is 1. The minimum atomic E-state index is 0.556. The second-order valence-corrected chi connectivity index (χ2v) is 2.79. The van der Waals surface area contributed by atoms with Crippen LogP contribution in [-0.4, -0.2) is 19.0 Å². The van der Waals surface area contributed by atoms with E-state index in [2.05, 4.69) is 4.99 Å². The third-order valence-electron chi connectivity index (χ3n) is 1.98. The zero-order valence-electron chi connectivity index (χ0n) is 6.76. The van der Waals surface area contributed by atoms with Gasteiger partial charge in [0, 0.05) is 6.92 Å². The molecule has 0 aromatic carbocycles. The van der Waals surface area contributed by atoms with Gasteiger partial charge in [-0.15, -0.1) is 0 Å². The summed E-state index contributed by atoms with van der Waals surface area (Å²) >= 11 is 0. The van der Waals surface area contributed by atoms with Gasteiger partial charge in [0.15, 0.2) is 5.90 Å². The molecule has 1 rings (SSSR count). The first-order valence-electron chi connectivity index (χ1n) is 3.91. The van der Waals surface area contributed by atoms with Crippen LogP contribution in [0.15, 0.2) is 4.99 Å². The molecular formula is C8H15NO. The lowest BCUT2D eigenvalue weighted by atomic mass is 10.3. The Balaban J connectivity index is 2.34. The lowest BCUT2D eigenvalue weighted by molar-refractivity contribution is 0.394. The molecule has 10 heavy (non-hydrogen) atoms. The molecule has 0 heterocycles. The minimum Gasteiger partial charge on any atom is -0.484 e. The second-order valence-electron chi connectivity index (χ2n) is 2.79. The molecule has 0 saturated heterocycles. The van der Waals surface area contributed by atoms with Crippen LogP contribution in [0, 0.1) is 0 Å². The number of methoxy groups -OCH3 is 1. The topological polar surface area (TPSA) is 21.6 Å². The van der Waals surface area contributed by atoms with Gasteiger partial charge in [-0.25, -0.2) is 0 Å². The van der Waals surface area contributed by atoms with Crippen molar-refractivity contribution in [2.75, 3.05) is 7.11 Å². The molecule has 0 aromatic heterocycles. The van der Waals surface area contributed by atoms with Gasteiger partial charge in [-0.1, -0.05) is 12.8 Å². The van der Waals surface area contributed by atoms with Crippen molar-refractivity contribution >= 4 is 5.90 Å². The largest absolute Gasteiger partial charge is 0.484 e. The van der Waals surface area contributed by atoms with Crippen molar-refractivity contribution in [2.45, 2.75) is 38.6 Å². The van der Waals surface area contributed by atoms with Gasteiger partial charge >= 0.3 is 0 Å². The molecule has 1 saturated carbocycles. The van der Waals surface area contributed by atoms with Gasteiger partial charge in [0.25, 0.3) is 0 Å². The lowest BCUT2D eigenvalue weighted by Crippen LogP contribution is -2.03. The summed E-state index contributed by atoms with van der Waals surface area (Å²) in [6.07, 6.45) is 5.18. The number of nitrogens with zero attached hydrogens (tertiary/aromatic N) is 1. The molecule has 1 aliphatic rings.